The van der Waals surface area contributed by atoms with Gasteiger partial charge >= 0.3 is 6.36 Å². The molecule has 0 radical (unpaired) electrons. The molecule has 1 aromatic rings. The van der Waals surface area contributed by atoms with Gasteiger partial charge < -0.3 is 4.74 Å². The first kappa shape index (κ1) is 14.3. The van der Waals surface area contributed by atoms with E-state index in [1.54, 1.807) is 0 Å². The maximum atomic E-state index is 12.1. The van der Waals surface area contributed by atoms with Crippen molar-refractivity contribution in [2.45, 2.75) is 12.8 Å². The molecule has 0 atom stereocenters. The summed E-state index contributed by atoms with van der Waals surface area (Å²) in [4.78, 5) is 11.6. The minimum absolute atomic E-state index is 0.0396. The molecular formula is C10H7BrClF3O2. The molecule has 0 aliphatic carbocycles. The van der Waals surface area contributed by atoms with Crippen LogP contribution in [-0.4, -0.2) is 17.5 Å². The summed E-state index contributed by atoms with van der Waals surface area (Å²) in [5.74, 6) is -1.08. The van der Waals surface area contributed by atoms with E-state index in [0.29, 0.717) is 5.33 Å². The Hall–Kier alpha value is -0.750. The van der Waals surface area contributed by atoms with Gasteiger partial charge in [-0.3, -0.25) is 4.79 Å². The van der Waals surface area contributed by atoms with Crippen molar-refractivity contribution in [2.75, 3.05) is 5.33 Å². The fraction of sp³-hybridized carbons (Fsp3) is 0.300. The van der Waals surface area contributed by atoms with E-state index in [1.807, 2.05) is 0 Å². The molecule has 17 heavy (non-hydrogen) atoms. The summed E-state index contributed by atoms with van der Waals surface area (Å²) in [7, 11) is 0. The van der Waals surface area contributed by atoms with Crippen molar-refractivity contribution in [3.05, 3.63) is 28.8 Å². The molecule has 0 amide bonds. The van der Waals surface area contributed by atoms with E-state index in [0.717, 1.165) is 6.07 Å². The largest absolute Gasteiger partial charge is 0.573 e. The lowest BCUT2D eigenvalue weighted by atomic mass is 10.1. The number of halogens is 5. The first-order valence-electron chi connectivity index (χ1n) is 4.48. The van der Waals surface area contributed by atoms with Crippen LogP contribution in [0.2, 0.25) is 5.02 Å². The van der Waals surface area contributed by atoms with Crippen LogP contribution in [0.5, 0.6) is 5.75 Å². The topological polar surface area (TPSA) is 26.3 Å². The van der Waals surface area contributed by atoms with Crippen molar-refractivity contribution in [1.82, 2.24) is 0 Å². The molecule has 0 heterocycles. The average Bonchev–Trinajstić information content (AvgIpc) is 2.15. The van der Waals surface area contributed by atoms with E-state index in [1.165, 1.54) is 12.1 Å². The predicted molar refractivity (Wildman–Crippen MR) is 60.9 cm³/mol. The van der Waals surface area contributed by atoms with E-state index < -0.39 is 17.9 Å². The van der Waals surface area contributed by atoms with Gasteiger partial charge in [0, 0.05) is 11.8 Å². The quantitative estimate of drug-likeness (QED) is 0.610. The molecule has 0 aliphatic rings. The van der Waals surface area contributed by atoms with Crippen molar-refractivity contribution >= 4 is 33.3 Å². The fourth-order valence-electron chi connectivity index (χ4n) is 1.20. The highest BCUT2D eigenvalue weighted by atomic mass is 79.9. The second-order valence-corrected chi connectivity index (χ2v) is 4.22. The third kappa shape index (κ3) is 4.20. The van der Waals surface area contributed by atoms with Gasteiger partial charge in [0.25, 0.3) is 0 Å². The number of carbonyl (C=O) groups excluding carboxylic acids is 1. The second kappa shape index (κ2) is 5.73. The summed E-state index contributed by atoms with van der Waals surface area (Å²) in [6.45, 7) is 0. The maximum absolute atomic E-state index is 12.1. The lowest BCUT2D eigenvalue weighted by Gasteiger charge is -2.13. The Labute approximate surface area is 109 Å². The number of benzene rings is 1. The van der Waals surface area contributed by atoms with Gasteiger partial charge in [-0.1, -0.05) is 33.6 Å². The summed E-state index contributed by atoms with van der Waals surface area (Å²) in [6.07, 6.45) is -4.81. The van der Waals surface area contributed by atoms with Crippen LogP contribution >= 0.6 is 27.5 Å². The van der Waals surface area contributed by atoms with E-state index in [9.17, 15) is 18.0 Å². The first-order valence-corrected chi connectivity index (χ1v) is 5.98. The Morgan fingerprint density at radius 2 is 2.06 bits per heavy atom. The summed E-state index contributed by atoms with van der Waals surface area (Å²) in [6, 6.07) is 3.68. The third-order valence-electron chi connectivity index (χ3n) is 1.80. The van der Waals surface area contributed by atoms with Gasteiger partial charge in [-0.05, 0) is 12.1 Å². The zero-order chi connectivity index (χ0) is 13.1. The molecule has 1 rings (SSSR count). The molecule has 0 saturated heterocycles. The number of rotatable bonds is 4. The van der Waals surface area contributed by atoms with Gasteiger partial charge in [-0.25, -0.2) is 0 Å². The molecule has 1 aromatic carbocycles. The Bertz CT molecular complexity index is 421. The molecule has 0 fully saturated rings. The van der Waals surface area contributed by atoms with E-state index in [4.69, 9.17) is 11.6 Å². The normalized spacial score (nSPS) is 11.4. The van der Waals surface area contributed by atoms with Crippen molar-refractivity contribution < 1.29 is 22.7 Å². The molecule has 0 aromatic heterocycles. The molecule has 0 N–H and O–H groups in total. The maximum Gasteiger partial charge on any atom is 0.573 e. The average molecular weight is 332 g/mol. The van der Waals surface area contributed by atoms with Gasteiger partial charge in [-0.15, -0.1) is 13.2 Å². The number of carbonyl (C=O) groups is 1. The number of ether oxygens (including phenoxy) is 1. The summed E-state index contributed by atoms with van der Waals surface area (Å²) in [5.41, 5.74) is -0.244. The number of alkyl halides is 4. The summed E-state index contributed by atoms with van der Waals surface area (Å²) < 4.78 is 40.1. The molecule has 0 bridgehead atoms. The molecule has 7 heteroatoms. The number of hydrogen-bond donors (Lipinski definition) is 0. The minimum atomic E-state index is -4.85. The first-order chi connectivity index (χ1) is 7.85. The van der Waals surface area contributed by atoms with Gasteiger partial charge in [0.05, 0.1) is 10.6 Å². The van der Waals surface area contributed by atoms with Crippen LogP contribution in [0.1, 0.15) is 16.8 Å². The zero-order valence-electron chi connectivity index (χ0n) is 8.35. The lowest BCUT2D eigenvalue weighted by Crippen LogP contribution is -2.19. The monoisotopic (exact) mass is 330 g/mol. The highest BCUT2D eigenvalue weighted by Gasteiger charge is 2.33. The number of ketones is 1. The van der Waals surface area contributed by atoms with Crippen molar-refractivity contribution in [2.24, 2.45) is 0 Å². The van der Waals surface area contributed by atoms with Crippen molar-refractivity contribution in [3.63, 3.8) is 0 Å². The SMILES string of the molecule is O=C(CCBr)c1c(Cl)cccc1OC(F)(F)F. The third-order valence-corrected chi connectivity index (χ3v) is 2.51. The molecule has 2 nitrogen and oxygen atoms in total. The van der Waals surface area contributed by atoms with E-state index >= 15 is 0 Å². The van der Waals surface area contributed by atoms with Crippen LogP contribution in [0.25, 0.3) is 0 Å². The smallest absolute Gasteiger partial charge is 0.405 e. The molecule has 0 aliphatic heterocycles. The second-order valence-electron chi connectivity index (χ2n) is 3.02. The van der Waals surface area contributed by atoms with E-state index in [-0.39, 0.29) is 17.0 Å². The Kier molecular flexibility index (Phi) is 4.82. The van der Waals surface area contributed by atoms with Gasteiger partial charge in [-0.2, -0.15) is 0 Å². The zero-order valence-corrected chi connectivity index (χ0v) is 10.7. The van der Waals surface area contributed by atoms with Gasteiger partial charge in [0.2, 0.25) is 0 Å². The highest BCUT2D eigenvalue weighted by Crippen LogP contribution is 2.32. The van der Waals surface area contributed by atoms with Gasteiger partial charge in [0.1, 0.15) is 5.75 Å². The molecule has 0 saturated carbocycles. The predicted octanol–water partition coefficient (Wildman–Crippen LogP) is 4.21. The molecule has 0 spiro atoms. The Morgan fingerprint density at radius 3 is 2.59 bits per heavy atom. The van der Waals surface area contributed by atoms with Crippen LogP contribution in [-0.2, 0) is 0 Å². The number of hydrogen-bond acceptors (Lipinski definition) is 2. The van der Waals surface area contributed by atoms with Crippen molar-refractivity contribution in [1.29, 1.82) is 0 Å². The fourth-order valence-corrected chi connectivity index (χ4v) is 1.83. The van der Waals surface area contributed by atoms with E-state index in [2.05, 4.69) is 20.7 Å². The number of Topliss-reactive ketones (excluding diaryl/α,β-unsaturated/α-hetero) is 1. The van der Waals surface area contributed by atoms with Gasteiger partial charge in [0.15, 0.2) is 5.78 Å². The van der Waals surface area contributed by atoms with Crippen LogP contribution in [0.3, 0.4) is 0 Å². The molecular weight excluding hydrogens is 324 g/mol. The molecule has 0 unspecified atom stereocenters. The lowest BCUT2D eigenvalue weighted by molar-refractivity contribution is -0.274. The highest BCUT2D eigenvalue weighted by molar-refractivity contribution is 9.09. The van der Waals surface area contributed by atoms with Crippen molar-refractivity contribution in [3.8, 4) is 5.75 Å². The standard InChI is InChI=1S/C10H7BrClF3O2/c11-5-4-7(16)9-6(12)2-1-3-8(9)17-10(13,14)15/h1-3H,4-5H2. The van der Waals surface area contributed by atoms with Crippen LogP contribution in [0.15, 0.2) is 18.2 Å². The Balaban J connectivity index is 3.13. The molecule has 94 valence electrons. The van der Waals surface area contributed by atoms with Crippen LogP contribution < -0.4 is 4.74 Å². The Morgan fingerprint density at radius 1 is 1.41 bits per heavy atom. The minimum Gasteiger partial charge on any atom is -0.405 e. The van der Waals surface area contributed by atoms with Crippen LogP contribution in [0.4, 0.5) is 13.2 Å². The van der Waals surface area contributed by atoms with Crippen LogP contribution in [0, 0.1) is 0 Å². The summed E-state index contributed by atoms with van der Waals surface area (Å²) in [5, 5.41) is 0.278. The summed E-state index contributed by atoms with van der Waals surface area (Å²) >= 11 is 8.74.